The zero-order valence-electron chi connectivity index (χ0n) is 11.6. The normalized spacial score (nSPS) is 16.6. The molecule has 0 atom stereocenters. The van der Waals surface area contributed by atoms with E-state index in [1.807, 2.05) is 0 Å². The van der Waals surface area contributed by atoms with Gasteiger partial charge < -0.3 is 10.1 Å². The number of hydrogen-bond donors (Lipinski definition) is 1. The molecule has 0 unspecified atom stereocenters. The van der Waals surface area contributed by atoms with Gasteiger partial charge in [-0.15, -0.1) is 0 Å². The molecule has 0 aromatic carbocycles. The molecule has 1 amide bonds. The predicted octanol–water partition coefficient (Wildman–Crippen LogP) is 2.69. The van der Waals surface area contributed by atoms with Crippen molar-refractivity contribution >= 4 is 5.91 Å². The second kappa shape index (κ2) is 7.94. The lowest BCUT2D eigenvalue weighted by Gasteiger charge is -2.15. The highest BCUT2D eigenvalue weighted by atomic mass is 19.1. The van der Waals surface area contributed by atoms with E-state index in [4.69, 9.17) is 4.74 Å². The van der Waals surface area contributed by atoms with Gasteiger partial charge in [-0.05, 0) is 18.9 Å². The molecule has 1 aliphatic carbocycles. The second-order valence-electron chi connectivity index (χ2n) is 5.13. The van der Waals surface area contributed by atoms with Gasteiger partial charge in [0.15, 0.2) is 0 Å². The van der Waals surface area contributed by atoms with Gasteiger partial charge in [0, 0.05) is 12.7 Å². The highest BCUT2D eigenvalue weighted by molar-refractivity contribution is 5.93. The molecule has 20 heavy (non-hydrogen) atoms. The van der Waals surface area contributed by atoms with Gasteiger partial charge >= 0.3 is 0 Å². The molecule has 1 aromatic heterocycles. The first-order valence-electron chi connectivity index (χ1n) is 7.26. The molecule has 1 aliphatic rings. The lowest BCUT2D eigenvalue weighted by Crippen LogP contribution is -2.29. The number of hydrogen-bond acceptors (Lipinski definition) is 3. The number of ether oxygens (including phenoxy) is 1. The molecule has 4 nitrogen and oxygen atoms in total. The minimum Gasteiger partial charge on any atom is -0.376 e. The van der Waals surface area contributed by atoms with E-state index in [0.717, 1.165) is 19.0 Å². The van der Waals surface area contributed by atoms with Crippen LogP contribution in [0, 0.1) is 5.82 Å². The predicted molar refractivity (Wildman–Crippen MR) is 74.0 cm³/mol. The highest BCUT2D eigenvalue weighted by Crippen LogP contribution is 2.19. The number of halogens is 1. The van der Waals surface area contributed by atoms with Crippen LogP contribution < -0.4 is 5.32 Å². The van der Waals surface area contributed by atoms with Gasteiger partial charge in [0.2, 0.25) is 0 Å². The standard InChI is InChI=1S/C15H21FN2O2/c16-13-9-12(10-17-11-13)15(19)18-7-8-20-14-5-3-1-2-4-6-14/h9-11,14H,1-8H2,(H,18,19). The molecule has 0 aliphatic heterocycles. The summed E-state index contributed by atoms with van der Waals surface area (Å²) >= 11 is 0. The zero-order valence-corrected chi connectivity index (χ0v) is 11.6. The van der Waals surface area contributed by atoms with E-state index in [1.165, 1.54) is 37.9 Å². The number of nitrogens with zero attached hydrogens (tertiary/aromatic N) is 1. The summed E-state index contributed by atoms with van der Waals surface area (Å²) in [6.07, 6.45) is 10.0. The maximum absolute atomic E-state index is 12.9. The number of rotatable bonds is 5. The van der Waals surface area contributed by atoms with Crippen LogP contribution in [0.15, 0.2) is 18.5 Å². The fourth-order valence-corrected chi connectivity index (χ4v) is 2.44. The lowest BCUT2D eigenvalue weighted by molar-refractivity contribution is 0.0442. The summed E-state index contributed by atoms with van der Waals surface area (Å²) in [5, 5.41) is 2.71. The number of pyridine rings is 1. The molecular formula is C15H21FN2O2. The molecule has 1 heterocycles. The first-order chi connectivity index (χ1) is 9.75. The molecule has 5 heteroatoms. The van der Waals surface area contributed by atoms with Gasteiger partial charge in [-0.1, -0.05) is 25.7 Å². The van der Waals surface area contributed by atoms with Gasteiger partial charge in [0.05, 0.1) is 24.5 Å². The van der Waals surface area contributed by atoms with Crippen LogP contribution in [0.25, 0.3) is 0 Å². The van der Waals surface area contributed by atoms with Gasteiger partial charge in [0.1, 0.15) is 5.82 Å². The number of aromatic nitrogens is 1. The molecule has 0 saturated heterocycles. The third kappa shape index (κ3) is 4.89. The van der Waals surface area contributed by atoms with E-state index in [-0.39, 0.29) is 11.5 Å². The van der Waals surface area contributed by atoms with Crippen LogP contribution in [0.2, 0.25) is 0 Å². The maximum atomic E-state index is 12.9. The van der Waals surface area contributed by atoms with Gasteiger partial charge in [-0.2, -0.15) is 0 Å². The van der Waals surface area contributed by atoms with Crippen molar-refractivity contribution in [2.24, 2.45) is 0 Å². The smallest absolute Gasteiger partial charge is 0.253 e. The van der Waals surface area contributed by atoms with Gasteiger partial charge in [-0.25, -0.2) is 4.39 Å². The fourth-order valence-electron chi connectivity index (χ4n) is 2.44. The lowest BCUT2D eigenvalue weighted by atomic mass is 10.1. The van der Waals surface area contributed by atoms with E-state index in [1.54, 1.807) is 0 Å². The molecule has 1 aromatic rings. The Morgan fingerprint density at radius 2 is 2.05 bits per heavy atom. The summed E-state index contributed by atoms with van der Waals surface area (Å²) in [7, 11) is 0. The highest BCUT2D eigenvalue weighted by Gasteiger charge is 2.12. The number of carbonyl (C=O) groups excluding carboxylic acids is 1. The summed E-state index contributed by atoms with van der Waals surface area (Å²) < 4.78 is 18.7. The molecule has 0 bridgehead atoms. The quantitative estimate of drug-likeness (QED) is 0.666. The molecule has 1 N–H and O–H groups in total. The number of nitrogens with one attached hydrogen (secondary N) is 1. The summed E-state index contributed by atoms with van der Waals surface area (Å²) in [4.78, 5) is 15.4. The summed E-state index contributed by atoms with van der Waals surface area (Å²) in [6.45, 7) is 0.936. The van der Waals surface area contributed by atoms with E-state index < -0.39 is 5.82 Å². The van der Waals surface area contributed by atoms with E-state index in [2.05, 4.69) is 10.3 Å². The first kappa shape index (κ1) is 14.9. The van der Waals surface area contributed by atoms with Crippen molar-refractivity contribution in [1.82, 2.24) is 10.3 Å². The van der Waals surface area contributed by atoms with Crippen molar-refractivity contribution in [2.75, 3.05) is 13.2 Å². The third-order valence-corrected chi connectivity index (χ3v) is 3.51. The van der Waals surface area contributed by atoms with Crippen LogP contribution in [-0.4, -0.2) is 30.1 Å². The average molecular weight is 280 g/mol. The van der Waals surface area contributed by atoms with Crippen LogP contribution >= 0.6 is 0 Å². The van der Waals surface area contributed by atoms with Crippen LogP contribution in [0.4, 0.5) is 4.39 Å². The SMILES string of the molecule is O=C(NCCOC1CCCCCC1)c1cncc(F)c1. The average Bonchev–Trinajstić information content (AvgIpc) is 2.72. The van der Waals surface area contributed by atoms with E-state index in [0.29, 0.717) is 19.3 Å². The first-order valence-corrected chi connectivity index (χ1v) is 7.26. The Morgan fingerprint density at radius 3 is 2.75 bits per heavy atom. The molecule has 1 fully saturated rings. The van der Waals surface area contributed by atoms with E-state index in [9.17, 15) is 9.18 Å². The minimum absolute atomic E-state index is 0.236. The van der Waals surface area contributed by atoms with Crippen molar-refractivity contribution in [3.8, 4) is 0 Å². The molecule has 1 saturated carbocycles. The Hall–Kier alpha value is -1.49. The van der Waals surface area contributed by atoms with E-state index >= 15 is 0 Å². The Balaban J connectivity index is 1.66. The summed E-state index contributed by atoms with van der Waals surface area (Å²) in [5.74, 6) is -0.825. The van der Waals surface area contributed by atoms with Crippen LogP contribution in [0.1, 0.15) is 48.9 Å². The van der Waals surface area contributed by atoms with Crippen molar-refractivity contribution in [3.05, 3.63) is 29.8 Å². The number of amides is 1. The van der Waals surface area contributed by atoms with Crippen molar-refractivity contribution in [1.29, 1.82) is 0 Å². The molecule has 0 spiro atoms. The molecule has 2 rings (SSSR count). The summed E-state index contributed by atoms with van der Waals surface area (Å²) in [5.41, 5.74) is 0.236. The largest absolute Gasteiger partial charge is 0.376 e. The minimum atomic E-state index is -0.507. The Labute approximate surface area is 118 Å². The Morgan fingerprint density at radius 1 is 1.30 bits per heavy atom. The zero-order chi connectivity index (χ0) is 14.2. The second-order valence-corrected chi connectivity index (χ2v) is 5.13. The number of carbonyl (C=O) groups is 1. The third-order valence-electron chi connectivity index (χ3n) is 3.51. The molecular weight excluding hydrogens is 259 g/mol. The van der Waals surface area contributed by atoms with Gasteiger partial charge in [0.25, 0.3) is 5.91 Å². The van der Waals surface area contributed by atoms with Crippen LogP contribution in [-0.2, 0) is 4.74 Å². The maximum Gasteiger partial charge on any atom is 0.253 e. The van der Waals surface area contributed by atoms with Crippen molar-refractivity contribution in [2.45, 2.75) is 44.6 Å². The summed E-state index contributed by atoms with van der Waals surface area (Å²) in [6, 6.07) is 1.18. The van der Waals surface area contributed by atoms with Gasteiger partial charge in [-0.3, -0.25) is 9.78 Å². The Kier molecular flexibility index (Phi) is 5.92. The fraction of sp³-hybridized carbons (Fsp3) is 0.600. The molecule has 0 radical (unpaired) electrons. The Bertz CT molecular complexity index is 432. The van der Waals surface area contributed by atoms with Crippen molar-refractivity contribution < 1.29 is 13.9 Å². The van der Waals surface area contributed by atoms with Crippen LogP contribution in [0.3, 0.4) is 0 Å². The van der Waals surface area contributed by atoms with Crippen LogP contribution in [0.5, 0.6) is 0 Å². The topological polar surface area (TPSA) is 51.2 Å². The van der Waals surface area contributed by atoms with Crippen molar-refractivity contribution in [3.63, 3.8) is 0 Å². The monoisotopic (exact) mass is 280 g/mol. The molecule has 110 valence electrons.